The van der Waals surface area contributed by atoms with Gasteiger partial charge in [-0.1, -0.05) is 27.8 Å². The molecule has 0 radical (unpaired) electrons. The minimum atomic E-state index is -4.10. The number of hydroxylamine groups is 2. The van der Waals surface area contributed by atoms with Gasteiger partial charge in [0.1, 0.15) is 6.10 Å². The Morgan fingerprint density at radius 1 is 0.894 bits per heavy atom. The summed E-state index contributed by atoms with van der Waals surface area (Å²) in [5.74, 6) is -2.63. The molecule has 1 aromatic rings. The van der Waals surface area contributed by atoms with Crippen LogP contribution in [0.4, 0.5) is 4.79 Å². The lowest BCUT2D eigenvalue weighted by Crippen LogP contribution is -2.35. The molecule has 1 aromatic carbocycles. The molecule has 3 amide bonds. The van der Waals surface area contributed by atoms with Crippen LogP contribution in [0.15, 0.2) is 39.4 Å². The molecule has 1 saturated heterocycles. The average Bonchev–Trinajstić information content (AvgIpc) is 3.36. The minimum absolute atomic E-state index is 0.0795. The van der Waals surface area contributed by atoms with Gasteiger partial charge in [-0.2, -0.15) is 0 Å². The topological polar surface area (TPSA) is 261 Å². The third kappa shape index (κ3) is 15.6. The van der Waals surface area contributed by atoms with E-state index in [1.54, 1.807) is 0 Å². The lowest BCUT2D eigenvalue weighted by molar-refractivity contribution is -0.178. The molecule has 1 aliphatic heterocycles. The van der Waals surface area contributed by atoms with Crippen LogP contribution in [-0.4, -0.2) is 108 Å². The summed E-state index contributed by atoms with van der Waals surface area (Å²) in [5.41, 5.74) is 16.7. The van der Waals surface area contributed by atoms with Gasteiger partial charge >= 0.3 is 6.16 Å². The maximum absolute atomic E-state index is 13.3. The summed E-state index contributed by atoms with van der Waals surface area (Å²) in [7, 11) is -4.10. The van der Waals surface area contributed by atoms with Crippen LogP contribution in [0.5, 0.6) is 0 Å². The van der Waals surface area contributed by atoms with Gasteiger partial charge in [0, 0.05) is 47.9 Å². The third-order valence-electron chi connectivity index (χ3n) is 6.32. The largest absolute Gasteiger partial charge is 0.534 e. The van der Waals surface area contributed by atoms with Crippen LogP contribution in [0.25, 0.3) is 20.9 Å². The third-order valence-corrected chi connectivity index (χ3v) is 8.10. The molecular formula is C27H38N8O11S. The average molecular weight is 683 g/mol. The SMILES string of the molecule is [N-]=[N+]=NCCCCCC(CS(=O)(=O)c1cccc(C(=O)NCCOCCOCCOCCN=[N+]=[N-])c1)OC(=O)ON1C(=O)CCC1=O. The molecule has 0 bridgehead atoms. The number of carbonyl (C=O) groups excluding carboxylic acids is 4. The van der Waals surface area contributed by atoms with Gasteiger partial charge in [0.2, 0.25) is 0 Å². The molecule has 1 heterocycles. The Morgan fingerprint density at radius 3 is 2.21 bits per heavy atom. The Bertz CT molecular complexity index is 1380. The van der Waals surface area contributed by atoms with Crippen LogP contribution in [-0.2, 0) is 43.2 Å². The lowest BCUT2D eigenvalue weighted by Gasteiger charge is -2.19. The first-order valence-corrected chi connectivity index (χ1v) is 16.4. The van der Waals surface area contributed by atoms with Crippen molar-refractivity contribution in [3.8, 4) is 0 Å². The Morgan fingerprint density at radius 2 is 1.53 bits per heavy atom. The van der Waals surface area contributed by atoms with Crippen LogP contribution in [0.1, 0.15) is 48.9 Å². The number of imide groups is 1. The van der Waals surface area contributed by atoms with E-state index in [2.05, 4.69) is 25.4 Å². The molecule has 20 heteroatoms. The first kappa shape index (κ1) is 38.7. The molecule has 258 valence electrons. The van der Waals surface area contributed by atoms with E-state index in [-0.39, 0.29) is 62.6 Å². The lowest BCUT2D eigenvalue weighted by atomic mass is 10.1. The fraction of sp³-hybridized carbons (Fsp3) is 0.630. The highest BCUT2D eigenvalue weighted by atomic mass is 32.2. The van der Waals surface area contributed by atoms with E-state index >= 15 is 0 Å². The highest BCUT2D eigenvalue weighted by Crippen LogP contribution is 2.20. The summed E-state index contributed by atoms with van der Waals surface area (Å²) < 4.78 is 47.8. The van der Waals surface area contributed by atoms with E-state index in [1.807, 2.05) is 0 Å². The van der Waals surface area contributed by atoms with Crippen molar-refractivity contribution in [1.29, 1.82) is 0 Å². The van der Waals surface area contributed by atoms with Crippen LogP contribution in [0.3, 0.4) is 0 Å². The van der Waals surface area contributed by atoms with Crippen molar-refractivity contribution >= 4 is 33.7 Å². The summed E-state index contributed by atoms with van der Waals surface area (Å²) in [6.45, 7) is 2.39. The first-order chi connectivity index (χ1) is 22.7. The minimum Gasteiger partial charge on any atom is -0.428 e. The van der Waals surface area contributed by atoms with Crippen molar-refractivity contribution < 1.29 is 51.4 Å². The molecule has 1 aliphatic rings. The molecule has 19 nitrogen and oxygen atoms in total. The smallest absolute Gasteiger partial charge is 0.428 e. The van der Waals surface area contributed by atoms with Gasteiger partial charge in [0.05, 0.1) is 50.3 Å². The second kappa shape index (κ2) is 22.1. The van der Waals surface area contributed by atoms with Crippen molar-refractivity contribution in [2.24, 2.45) is 10.2 Å². The molecule has 0 aliphatic carbocycles. The van der Waals surface area contributed by atoms with Gasteiger partial charge in [-0.3, -0.25) is 19.2 Å². The number of sulfone groups is 1. The first-order valence-electron chi connectivity index (χ1n) is 14.8. The Hall–Kier alpha value is -4.45. The van der Waals surface area contributed by atoms with Gasteiger partial charge < -0.3 is 24.3 Å². The summed E-state index contributed by atoms with van der Waals surface area (Å²) >= 11 is 0. The van der Waals surface area contributed by atoms with Crippen LogP contribution in [0.2, 0.25) is 0 Å². The van der Waals surface area contributed by atoms with Crippen molar-refractivity contribution in [1.82, 2.24) is 10.4 Å². The van der Waals surface area contributed by atoms with Crippen LogP contribution in [0, 0.1) is 0 Å². The maximum Gasteiger partial charge on any atom is 0.534 e. The van der Waals surface area contributed by atoms with E-state index in [0.29, 0.717) is 50.8 Å². The van der Waals surface area contributed by atoms with E-state index in [4.69, 9.17) is 34.8 Å². The number of hydrogen-bond acceptors (Lipinski definition) is 13. The zero-order valence-electron chi connectivity index (χ0n) is 25.7. The highest BCUT2D eigenvalue weighted by molar-refractivity contribution is 7.91. The van der Waals surface area contributed by atoms with E-state index in [1.165, 1.54) is 24.3 Å². The second-order valence-electron chi connectivity index (χ2n) is 9.82. The van der Waals surface area contributed by atoms with Crippen molar-refractivity contribution in [3.05, 3.63) is 50.7 Å². The number of nitrogens with one attached hydrogen (secondary N) is 1. The number of azide groups is 2. The molecular weight excluding hydrogens is 644 g/mol. The summed E-state index contributed by atoms with van der Waals surface area (Å²) in [5, 5.41) is 9.71. The molecule has 1 unspecified atom stereocenters. The van der Waals surface area contributed by atoms with Crippen LogP contribution >= 0.6 is 0 Å². The second-order valence-corrected chi connectivity index (χ2v) is 11.9. The van der Waals surface area contributed by atoms with E-state index in [9.17, 15) is 27.6 Å². The number of ether oxygens (including phenoxy) is 4. The number of amides is 3. The Balaban J connectivity index is 1.86. The zero-order valence-corrected chi connectivity index (χ0v) is 26.5. The molecule has 0 spiro atoms. The van der Waals surface area contributed by atoms with Crippen molar-refractivity contribution in [2.75, 3.05) is 65.0 Å². The number of nitrogens with zero attached hydrogens (tertiary/aromatic N) is 7. The number of hydrogen-bond donors (Lipinski definition) is 1. The standard InChI is InChI=1S/C27H38N8O11S/c28-33-31-10-3-1-2-6-22(45-27(39)46-35-24(36)8-9-25(35)37)20-47(40,41)23-7-4-5-21(19-23)26(38)30-11-13-42-15-17-44-18-16-43-14-12-32-34-29/h4-5,7,19,22H,1-3,6,8-18,20H2,(H,30,38). The fourth-order valence-corrected chi connectivity index (χ4v) is 5.55. The Kier molecular flexibility index (Phi) is 18.2. The van der Waals surface area contributed by atoms with Crippen molar-refractivity contribution in [2.45, 2.75) is 49.5 Å². The van der Waals surface area contributed by atoms with Crippen molar-refractivity contribution in [3.63, 3.8) is 0 Å². The zero-order chi connectivity index (χ0) is 34.3. The summed E-state index contributed by atoms with van der Waals surface area (Å²) in [6, 6.07) is 5.35. The number of carbonyl (C=O) groups is 4. The molecule has 1 atom stereocenters. The predicted molar refractivity (Wildman–Crippen MR) is 162 cm³/mol. The molecule has 47 heavy (non-hydrogen) atoms. The predicted octanol–water partition coefficient (Wildman–Crippen LogP) is 3.01. The fourth-order valence-electron chi connectivity index (χ4n) is 4.04. The summed E-state index contributed by atoms with van der Waals surface area (Å²) in [6.07, 6.45) is -1.31. The number of unbranched alkanes of at least 4 members (excludes halogenated alkanes) is 2. The molecule has 0 saturated carbocycles. The highest BCUT2D eigenvalue weighted by Gasteiger charge is 2.34. The van der Waals surface area contributed by atoms with Gasteiger partial charge in [0.25, 0.3) is 17.7 Å². The van der Waals surface area contributed by atoms with Gasteiger partial charge in [-0.25, -0.2) is 13.2 Å². The Labute approximate surface area is 270 Å². The molecule has 1 fully saturated rings. The number of rotatable bonds is 24. The summed E-state index contributed by atoms with van der Waals surface area (Å²) in [4.78, 5) is 58.4. The molecule has 1 N–H and O–H groups in total. The van der Waals surface area contributed by atoms with Gasteiger partial charge in [-0.15, -0.1) is 0 Å². The quantitative estimate of drug-likeness (QED) is 0.0413. The molecule has 0 aromatic heterocycles. The van der Waals surface area contributed by atoms with Crippen LogP contribution < -0.4 is 5.32 Å². The normalized spacial score (nSPS) is 13.4. The maximum atomic E-state index is 13.3. The van der Waals surface area contributed by atoms with Gasteiger partial charge in [-0.05, 0) is 48.5 Å². The van der Waals surface area contributed by atoms with E-state index < -0.39 is 45.6 Å². The van der Waals surface area contributed by atoms with E-state index in [0.717, 1.165) is 0 Å². The number of benzene rings is 1. The monoisotopic (exact) mass is 682 g/mol. The molecule has 2 rings (SSSR count). The van der Waals surface area contributed by atoms with Gasteiger partial charge in [0.15, 0.2) is 9.84 Å².